The first kappa shape index (κ1) is 18.3. The lowest BCUT2D eigenvalue weighted by molar-refractivity contribution is -0.137. The predicted molar refractivity (Wildman–Crippen MR) is 77.5 cm³/mol. The third kappa shape index (κ3) is 6.34. The highest BCUT2D eigenvalue weighted by Crippen LogP contribution is 2.30. The highest BCUT2D eigenvalue weighted by molar-refractivity contribution is 5.74. The molecule has 0 saturated carbocycles. The molecule has 1 aromatic carbocycles. The summed E-state index contributed by atoms with van der Waals surface area (Å²) in [5.74, 6) is 0. The number of urea groups is 1. The van der Waals surface area contributed by atoms with Gasteiger partial charge in [-0.1, -0.05) is 12.1 Å². The van der Waals surface area contributed by atoms with Gasteiger partial charge in [0.1, 0.15) is 0 Å². The van der Waals surface area contributed by atoms with Gasteiger partial charge in [-0.15, -0.1) is 0 Å². The number of amides is 2. The minimum Gasteiger partial charge on any atom is -0.382 e. The maximum absolute atomic E-state index is 12.7. The van der Waals surface area contributed by atoms with Crippen LogP contribution in [0.25, 0.3) is 0 Å². The van der Waals surface area contributed by atoms with Crippen LogP contribution in [-0.2, 0) is 10.9 Å². The van der Waals surface area contributed by atoms with Crippen LogP contribution in [0.15, 0.2) is 24.3 Å². The van der Waals surface area contributed by atoms with Gasteiger partial charge in [0.15, 0.2) is 0 Å². The van der Waals surface area contributed by atoms with Crippen LogP contribution in [0.5, 0.6) is 0 Å². The first-order valence-corrected chi connectivity index (χ1v) is 7.14. The number of alkyl halides is 3. The van der Waals surface area contributed by atoms with Crippen molar-refractivity contribution in [3.8, 4) is 0 Å². The number of carbonyl (C=O) groups is 1. The molecule has 0 bridgehead atoms. The summed E-state index contributed by atoms with van der Waals surface area (Å²) in [4.78, 5) is 11.7. The standard InChI is InChI=1S/C15H21F3N2O2/c1-3-22-9-5-8-19-14(21)20-11(2)12-6-4-7-13(10-12)15(16,17)18/h4,6-7,10-11H,3,5,8-9H2,1-2H3,(H2,19,20,21). The van der Waals surface area contributed by atoms with E-state index in [1.54, 1.807) is 13.0 Å². The van der Waals surface area contributed by atoms with Gasteiger partial charge in [-0.05, 0) is 38.0 Å². The second-order valence-electron chi connectivity index (χ2n) is 4.80. The Balaban J connectivity index is 2.47. The number of ether oxygens (including phenoxy) is 1. The molecule has 1 rings (SSSR count). The van der Waals surface area contributed by atoms with Crippen molar-refractivity contribution in [3.05, 3.63) is 35.4 Å². The molecule has 22 heavy (non-hydrogen) atoms. The van der Waals surface area contributed by atoms with Gasteiger partial charge in [0.25, 0.3) is 0 Å². The average molecular weight is 318 g/mol. The maximum Gasteiger partial charge on any atom is 0.416 e. The van der Waals surface area contributed by atoms with Gasteiger partial charge >= 0.3 is 12.2 Å². The van der Waals surface area contributed by atoms with Crippen molar-refractivity contribution in [1.29, 1.82) is 0 Å². The zero-order valence-electron chi connectivity index (χ0n) is 12.7. The van der Waals surface area contributed by atoms with E-state index in [0.29, 0.717) is 31.7 Å². The van der Waals surface area contributed by atoms with Crippen molar-refractivity contribution in [2.75, 3.05) is 19.8 Å². The fourth-order valence-corrected chi connectivity index (χ4v) is 1.84. The number of benzene rings is 1. The number of carbonyl (C=O) groups excluding carboxylic acids is 1. The van der Waals surface area contributed by atoms with Crippen molar-refractivity contribution >= 4 is 6.03 Å². The molecule has 0 aliphatic carbocycles. The number of hydrogen-bond acceptors (Lipinski definition) is 2. The first-order valence-electron chi connectivity index (χ1n) is 7.14. The summed E-state index contributed by atoms with van der Waals surface area (Å²) < 4.78 is 43.1. The molecule has 4 nitrogen and oxygen atoms in total. The van der Waals surface area contributed by atoms with E-state index in [4.69, 9.17) is 4.74 Å². The summed E-state index contributed by atoms with van der Waals surface area (Å²) >= 11 is 0. The fourth-order valence-electron chi connectivity index (χ4n) is 1.84. The molecular weight excluding hydrogens is 297 g/mol. The molecule has 0 heterocycles. The molecule has 1 atom stereocenters. The lowest BCUT2D eigenvalue weighted by Gasteiger charge is -2.16. The van der Waals surface area contributed by atoms with Crippen LogP contribution in [-0.4, -0.2) is 25.8 Å². The molecule has 0 aliphatic heterocycles. The van der Waals surface area contributed by atoms with E-state index in [0.717, 1.165) is 12.1 Å². The Morgan fingerprint density at radius 3 is 2.73 bits per heavy atom. The van der Waals surface area contributed by atoms with E-state index in [1.165, 1.54) is 6.07 Å². The van der Waals surface area contributed by atoms with Gasteiger partial charge in [0.2, 0.25) is 0 Å². The van der Waals surface area contributed by atoms with E-state index < -0.39 is 23.8 Å². The largest absolute Gasteiger partial charge is 0.416 e. The molecule has 7 heteroatoms. The van der Waals surface area contributed by atoms with E-state index in [9.17, 15) is 18.0 Å². The summed E-state index contributed by atoms with van der Waals surface area (Å²) in [6.45, 7) is 5.14. The summed E-state index contributed by atoms with van der Waals surface area (Å²) in [5.41, 5.74) is -0.324. The topological polar surface area (TPSA) is 50.4 Å². The maximum atomic E-state index is 12.7. The second kappa shape index (κ2) is 8.63. The van der Waals surface area contributed by atoms with Crippen LogP contribution < -0.4 is 10.6 Å². The summed E-state index contributed by atoms with van der Waals surface area (Å²) in [7, 11) is 0. The van der Waals surface area contributed by atoms with Crippen LogP contribution in [0.1, 0.15) is 37.4 Å². The molecule has 0 aliphatic rings. The molecule has 0 spiro atoms. The van der Waals surface area contributed by atoms with Crippen molar-refractivity contribution in [2.45, 2.75) is 32.5 Å². The number of hydrogen-bond donors (Lipinski definition) is 2. The zero-order chi connectivity index (χ0) is 16.6. The molecule has 1 unspecified atom stereocenters. The number of nitrogens with one attached hydrogen (secondary N) is 2. The Bertz CT molecular complexity index is 478. The van der Waals surface area contributed by atoms with Crippen molar-refractivity contribution in [3.63, 3.8) is 0 Å². The molecule has 0 saturated heterocycles. The van der Waals surface area contributed by atoms with Crippen LogP contribution in [0.2, 0.25) is 0 Å². The Hall–Kier alpha value is -1.76. The van der Waals surface area contributed by atoms with E-state index >= 15 is 0 Å². The van der Waals surface area contributed by atoms with Gasteiger partial charge in [-0.2, -0.15) is 13.2 Å². The fraction of sp³-hybridized carbons (Fsp3) is 0.533. The van der Waals surface area contributed by atoms with Gasteiger partial charge in [0.05, 0.1) is 11.6 Å². The quantitative estimate of drug-likeness (QED) is 0.756. The summed E-state index contributed by atoms with van der Waals surface area (Å²) in [5, 5.41) is 5.24. The Morgan fingerprint density at radius 2 is 2.09 bits per heavy atom. The minimum absolute atomic E-state index is 0.402. The van der Waals surface area contributed by atoms with Crippen LogP contribution >= 0.6 is 0 Å². The summed E-state index contributed by atoms with van der Waals surface area (Å²) in [6, 6.07) is 3.99. The first-order chi connectivity index (χ1) is 10.3. The minimum atomic E-state index is -4.39. The molecular formula is C15H21F3N2O2. The third-order valence-electron chi connectivity index (χ3n) is 3.02. The lowest BCUT2D eigenvalue weighted by Crippen LogP contribution is -2.37. The zero-order valence-corrected chi connectivity index (χ0v) is 12.7. The molecule has 124 valence electrons. The van der Waals surface area contributed by atoms with E-state index in [2.05, 4.69) is 10.6 Å². The second-order valence-corrected chi connectivity index (χ2v) is 4.80. The van der Waals surface area contributed by atoms with Crippen LogP contribution in [0.3, 0.4) is 0 Å². The van der Waals surface area contributed by atoms with Crippen molar-refractivity contribution in [2.24, 2.45) is 0 Å². The highest BCUT2D eigenvalue weighted by atomic mass is 19.4. The Kier molecular flexibility index (Phi) is 7.17. The van der Waals surface area contributed by atoms with Gasteiger partial charge < -0.3 is 15.4 Å². The Morgan fingerprint density at radius 1 is 1.36 bits per heavy atom. The van der Waals surface area contributed by atoms with Gasteiger partial charge in [-0.3, -0.25) is 0 Å². The molecule has 0 radical (unpaired) electrons. The third-order valence-corrected chi connectivity index (χ3v) is 3.02. The van der Waals surface area contributed by atoms with E-state index in [-0.39, 0.29) is 0 Å². The summed E-state index contributed by atoms with van der Waals surface area (Å²) in [6.07, 6.45) is -3.71. The van der Waals surface area contributed by atoms with Crippen LogP contribution in [0, 0.1) is 0 Å². The molecule has 1 aromatic rings. The molecule has 2 amide bonds. The average Bonchev–Trinajstić information content (AvgIpc) is 2.46. The van der Waals surface area contributed by atoms with Crippen LogP contribution in [0.4, 0.5) is 18.0 Å². The number of halogens is 3. The number of rotatable bonds is 7. The normalized spacial score (nSPS) is 12.8. The van der Waals surface area contributed by atoms with Gasteiger partial charge in [0, 0.05) is 19.8 Å². The van der Waals surface area contributed by atoms with E-state index in [1.807, 2.05) is 6.92 Å². The molecule has 0 fully saturated rings. The monoisotopic (exact) mass is 318 g/mol. The predicted octanol–water partition coefficient (Wildman–Crippen LogP) is 3.49. The molecule has 0 aromatic heterocycles. The van der Waals surface area contributed by atoms with Crippen molar-refractivity contribution in [1.82, 2.24) is 10.6 Å². The SMILES string of the molecule is CCOCCCNC(=O)NC(C)c1cccc(C(F)(F)F)c1. The smallest absolute Gasteiger partial charge is 0.382 e. The highest BCUT2D eigenvalue weighted by Gasteiger charge is 2.30. The van der Waals surface area contributed by atoms with Crippen molar-refractivity contribution < 1.29 is 22.7 Å². The van der Waals surface area contributed by atoms with Gasteiger partial charge in [-0.25, -0.2) is 4.79 Å². The molecule has 2 N–H and O–H groups in total. The Labute approximate surface area is 128 Å². The lowest BCUT2D eigenvalue weighted by atomic mass is 10.1.